The Morgan fingerprint density at radius 2 is 1.71 bits per heavy atom. The minimum Gasteiger partial charge on any atom is -0.435 e. The van der Waals surface area contributed by atoms with E-state index in [2.05, 4.69) is 10.1 Å². The van der Waals surface area contributed by atoms with Gasteiger partial charge < -0.3 is 10.1 Å². The van der Waals surface area contributed by atoms with Crippen LogP contribution >= 0.6 is 0 Å². The topological polar surface area (TPSA) is 38.3 Å². The van der Waals surface area contributed by atoms with Crippen molar-refractivity contribution in [3.8, 4) is 5.75 Å². The molecule has 0 aromatic heterocycles. The van der Waals surface area contributed by atoms with Gasteiger partial charge in [-0.05, 0) is 48.4 Å². The summed E-state index contributed by atoms with van der Waals surface area (Å²) < 4.78 is 41.2. The van der Waals surface area contributed by atoms with Crippen molar-refractivity contribution in [1.82, 2.24) is 5.32 Å². The smallest absolute Gasteiger partial charge is 0.387 e. The first-order valence-corrected chi connectivity index (χ1v) is 7.23. The Morgan fingerprint density at radius 3 is 2.29 bits per heavy atom. The van der Waals surface area contributed by atoms with Crippen LogP contribution in [0, 0.1) is 5.82 Å². The molecule has 0 aliphatic heterocycles. The lowest BCUT2D eigenvalue weighted by molar-refractivity contribution is -0.117. The molecule has 0 aliphatic rings. The zero-order valence-corrected chi connectivity index (χ0v) is 12.9. The number of benzene rings is 2. The van der Waals surface area contributed by atoms with Gasteiger partial charge in [-0.1, -0.05) is 24.3 Å². The van der Waals surface area contributed by atoms with Crippen LogP contribution in [0.15, 0.2) is 54.6 Å². The van der Waals surface area contributed by atoms with Crippen molar-refractivity contribution in [2.45, 2.75) is 19.6 Å². The van der Waals surface area contributed by atoms with Gasteiger partial charge in [-0.25, -0.2) is 4.39 Å². The van der Waals surface area contributed by atoms with Gasteiger partial charge in [0.2, 0.25) is 5.91 Å². The molecule has 3 nitrogen and oxygen atoms in total. The van der Waals surface area contributed by atoms with E-state index < -0.39 is 6.61 Å². The number of nitrogens with one attached hydrogen (secondary N) is 1. The third-order valence-electron chi connectivity index (χ3n) is 3.26. The van der Waals surface area contributed by atoms with E-state index in [1.165, 1.54) is 30.3 Å². The third-order valence-corrected chi connectivity index (χ3v) is 3.26. The van der Waals surface area contributed by atoms with Gasteiger partial charge in [0.15, 0.2) is 0 Å². The summed E-state index contributed by atoms with van der Waals surface area (Å²) in [4.78, 5) is 11.9. The predicted molar refractivity (Wildman–Crippen MR) is 85.1 cm³/mol. The molecule has 6 heteroatoms. The molecule has 0 fully saturated rings. The summed E-state index contributed by atoms with van der Waals surface area (Å²) in [7, 11) is 0. The molecule has 0 saturated carbocycles. The molecule has 1 N–H and O–H groups in total. The average Bonchev–Trinajstić information content (AvgIpc) is 2.54. The second kappa shape index (κ2) is 8.19. The lowest BCUT2D eigenvalue weighted by atomic mass is 10.1. The van der Waals surface area contributed by atoms with Crippen molar-refractivity contribution in [2.24, 2.45) is 0 Å². The second-order valence-corrected chi connectivity index (χ2v) is 5.06. The van der Waals surface area contributed by atoms with Crippen LogP contribution in [-0.4, -0.2) is 12.5 Å². The van der Waals surface area contributed by atoms with Crippen LogP contribution in [0.3, 0.4) is 0 Å². The molecule has 126 valence electrons. The summed E-state index contributed by atoms with van der Waals surface area (Å²) >= 11 is 0. The molecule has 0 radical (unpaired) electrons. The van der Waals surface area contributed by atoms with Crippen LogP contribution in [0.1, 0.15) is 24.1 Å². The molecule has 1 amide bonds. The highest BCUT2D eigenvalue weighted by molar-refractivity contribution is 5.91. The summed E-state index contributed by atoms with van der Waals surface area (Å²) in [5, 5.41) is 2.75. The molecule has 24 heavy (non-hydrogen) atoms. The van der Waals surface area contributed by atoms with E-state index in [-0.39, 0.29) is 23.5 Å². The van der Waals surface area contributed by atoms with Crippen LogP contribution in [-0.2, 0) is 4.79 Å². The van der Waals surface area contributed by atoms with Gasteiger partial charge in [0.1, 0.15) is 11.6 Å². The average molecular weight is 335 g/mol. The lowest BCUT2D eigenvalue weighted by Crippen LogP contribution is -2.24. The van der Waals surface area contributed by atoms with Crippen LogP contribution in [0.4, 0.5) is 13.2 Å². The molecule has 1 atom stereocenters. The zero-order chi connectivity index (χ0) is 17.5. The molecular weight excluding hydrogens is 319 g/mol. The van der Waals surface area contributed by atoms with E-state index in [0.29, 0.717) is 5.56 Å². The summed E-state index contributed by atoms with van der Waals surface area (Å²) in [6.45, 7) is -1.08. The molecule has 0 spiro atoms. The highest BCUT2D eigenvalue weighted by Crippen LogP contribution is 2.16. The van der Waals surface area contributed by atoms with Crippen molar-refractivity contribution >= 4 is 12.0 Å². The largest absolute Gasteiger partial charge is 0.435 e. The second-order valence-electron chi connectivity index (χ2n) is 5.06. The number of ether oxygens (including phenoxy) is 1. The Morgan fingerprint density at radius 1 is 1.08 bits per heavy atom. The SMILES string of the molecule is CC(NC(=O)C=Cc1ccc(OC(F)F)cc1)c1ccc(F)cc1. The zero-order valence-electron chi connectivity index (χ0n) is 12.9. The molecule has 0 heterocycles. The van der Waals surface area contributed by atoms with E-state index in [1.54, 1.807) is 37.3 Å². The number of alkyl halides is 2. The van der Waals surface area contributed by atoms with Crippen molar-refractivity contribution in [2.75, 3.05) is 0 Å². The Hall–Kier alpha value is -2.76. The van der Waals surface area contributed by atoms with Gasteiger partial charge >= 0.3 is 6.61 Å². The van der Waals surface area contributed by atoms with Crippen molar-refractivity contribution in [3.63, 3.8) is 0 Å². The first-order valence-electron chi connectivity index (χ1n) is 7.23. The molecule has 2 rings (SSSR count). The van der Waals surface area contributed by atoms with Crippen LogP contribution in [0.2, 0.25) is 0 Å². The maximum atomic E-state index is 12.9. The Labute approximate surface area is 137 Å². The van der Waals surface area contributed by atoms with E-state index in [4.69, 9.17) is 0 Å². The fourth-order valence-corrected chi connectivity index (χ4v) is 2.03. The first kappa shape index (κ1) is 17.6. The van der Waals surface area contributed by atoms with Gasteiger partial charge in [0, 0.05) is 6.08 Å². The molecule has 0 aliphatic carbocycles. The molecule has 2 aromatic rings. The molecule has 1 unspecified atom stereocenters. The molecule has 0 saturated heterocycles. The number of carbonyl (C=O) groups excluding carboxylic acids is 1. The summed E-state index contributed by atoms with van der Waals surface area (Å²) in [5.74, 6) is -0.604. The number of hydrogen-bond acceptors (Lipinski definition) is 2. The highest BCUT2D eigenvalue weighted by atomic mass is 19.3. The fourth-order valence-electron chi connectivity index (χ4n) is 2.03. The van der Waals surface area contributed by atoms with Crippen molar-refractivity contribution < 1.29 is 22.7 Å². The standard InChI is InChI=1S/C18H16F3NO2/c1-12(14-5-7-15(19)8-6-14)22-17(23)11-4-13-2-9-16(10-3-13)24-18(20)21/h2-12,18H,1H3,(H,22,23). The normalized spacial score (nSPS) is 12.4. The summed E-state index contributed by atoms with van der Waals surface area (Å²) in [6, 6.07) is 11.5. The van der Waals surface area contributed by atoms with Crippen LogP contribution < -0.4 is 10.1 Å². The van der Waals surface area contributed by atoms with E-state index in [9.17, 15) is 18.0 Å². The first-order chi connectivity index (χ1) is 11.4. The summed E-state index contributed by atoms with van der Waals surface area (Å²) in [5.41, 5.74) is 1.45. The van der Waals surface area contributed by atoms with Gasteiger partial charge in [0.25, 0.3) is 0 Å². The Bertz CT molecular complexity index is 697. The van der Waals surface area contributed by atoms with Gasteiger partial charge in [-0.15, -0.1) is 0 Å². The van der Waals surface area contributed by atoms with Gasteiger partial charge in [-0.3, -0.25) is 4.79 Å². The number of amides is 1. The quantitative estimate of drug-likeness (QED) is 0.799. The van der Waals surface area contributed by atoms with Crippen molar-refractivity contribution in [3.05, 3.63) is 71.6 Å². The minimum atomic E-state index is -2.87. The van der Waals surface area contributed by atoms with Crippen LogP contribution in [0.25, 0.3) is 6.08 Å². The van der Waals surface area contributed by atoms with Crippen molar-refractivity contribution in [1.29, 1.82) is 0 Å². The number of rotatable bonds is 6. The number of halogens is 3. The molecule has 0 bridgehead atoms. The minimum absolute atomic E-state index is 0.0523. The predicted octanol–water partition coefficient (Wildman–Crippen LogP) is 4.32. The highest BCUT2D eigenvalue weighted by Gasteiger charge is 2.07. The summed E-state index contributed by atoms with van der Waals surface area (Å²) in [6.07, 6.45) is 2.89. The fraction of sp³-hybridized carbons (Fsp3) is 0.167. The maximum absolute atomic E-state index is 12.9. The Balaban J connectivity index is 1.91. The number of carbonyl (C=O) groups is 1. The Kier molecular flexibility index (Phi) is 6.01. The van der Waals surface area contributed by atoms with Gasteiger partial charge in [-0.2, -0.15) is 8.78 Å². The van der Waals surface area contributed by atoms with Gasteiger partial charge in [0.05, 0.1) is 6.04 Å². The van der Waals surface area contributed by atoms with E-state index in [1.807, 2.05) is 0 Å². The molecular formula is C18H16F3NO2. The molecule has 2 aromatic carbocycles. The van der Waals surface area contributed by atoms with E-state index >= 15 is 0 Å². The third kappa shape index (κ3) is 5.46. The van der Waals surface area contributed by atoms with Crippen LogP contribution in [0.5, 0.6) is 5.75 Å². The number of hydrogen-bond donors (Lipinski definition) is 1. The monoisotopic (exact) mass is 335 g/mol. The maximum Gasteiger partial charge on any atom is 0.387 e. The lowest BCUT2D eigenvalue weighted by Gasteiger charge is -2.12. The van der Waals surface area contributed by atoms with E-state index in [0.717, 1.165) is 5.56 Å².